The molecule has 6 heterocycles. The number of rotatable bonds is 8. The quantitative estimate of drug-likeness (QED) is 0.152. The molecule has 6 aromatic heterocycles. The molecule has 0 saturated carbocycles. The summed E-state index contributed by atoms with van der Waals surface area (Å²) >= 11 is 0. The summed E-state index contributed by atoms with van der Waals surface area (Å²) < 4.78 is 12.0. The van der Waals surface area contributed by atoms with Crippen molar-refractivity contribution in [3.63, 3.8) is 0 Å². The van der Waals surface area contributed by atoms with Crippen LogP contribution in [-0.2, 0) is 0 Å². The van der Waals surface area contributed by atoms with Crippen LogP contribution < -0.4 is 0 Å². The van der Waals surface area contributed by atoms with E-state index in [-0.39, 0.29) is 0 Å². The molecule has 19 aromatic rings. The summed E-state index contributed by atoms with van der Waals surface area (Å²) in [6, 6.07) is 108. The van der Waals surface area contributed by atoms with E-state index < -0.39 is 0 Å². The predicted molar refractivity (Wildman–Crippen MR) is 373 cm³/mol. The Kier molecular flexibility index (Phi) is 10.9. The van der Waals surface area contributed by atoms with Crippen molar-refractivity contribution in [3.8, 4) is 68.7 Å². The van der Waals surface area contributed by atoms with Crippen LogP contribution in [0.5, 0.6) is 0 Å². The molecular formula is C82H49N9. The monoisotopic (exact) mass is 1160 g/mol. The molecule has 9 nitrogen and oxygen atoms in total. The van der Waals surface area contributed by atoms with Gasteiger partial charge in [-0.15, -0.1) is 0 Å². The molecular weight excluding hydrogens is 1110 g/mol. The van der Waals surface area contributed by atoms with E-state index in [1.807, 2.05) is 60.7 Å². The lowest BCUT2D eigenvalue weighted by molar-refractivity contribution is 1.06. The van der Waals surface area contributed by atoms with E-state index in [0.717, 1.165) is 137 Å². The third-order valence-corrected chi connectivity index (χ3v) is 18.5. The van der Waals surface area contributed by atoms with Gasteiger partial charge in [0.1, 0.15) is 11.6 Å². The molecule has 91 heavy (non-hydrogen) atoms. The minimum absolute atomic E-state index is 0.463. The maximum absolute atomic E-state index is 12.7. The van der Waals surface area contributed by atoms with E-state index in [1.54, 1.807) is 0 Å². The molecule has 422 valence electrons. The Labute approximate surface area is 520 Å². The Morgan fingerprint density at radius 1 is 0.242 bits per heavy atom. The molecule has 0 atom stereocenters. The van der Waals surface area contributed by atoms with Crippen LogP contribution in [-0.4, -0.2) is 37.8 Å². The van der Waals surface area contributed by atoms with Crippen molar-refractivity contribution in [1.29, 1.82) is 5.26 Å². The zero-order valence-electron chi connectivity index (χ0n) is 48.8. The first-order valence-corrected chi connectivity index (χ1v) is 30.7. The number of benzene rings is 13. The zero-order chi connectivity index (χ0) is 59.8. The van der Waals surface area contributed by atoms with Crippen LogP contribution in [0.2, 0.25) is 0 Å². The Morgan fingerprint density at radius 2 is 0.560 bits per heavy atom. The van der Waals surface area contributed by atoms with Gasteiger partial charge in [-0.25, -0.2) is 15.0 Å². The van der Waals surface area contributed by atoms with Crippen LogP contribution in [0, 0.1) is 11.3 Å². The number of aromatic nitrogens is 8. The van der Waals surface area contributed by atoms with E-state index in [4.69, 9.17) is 15.0 Å². The summed E-state index contributed by atoms with van der Waals surface area (Å²) in [5.74, 6) is 1.53. The first-order chi connectivity index (χ1) is 45.2. The average molecular weight is 1160 g/mol. The summed E-state index contributed by atoms with van der Waals surface area (Å²) in [6.07, 6.45) is 0. The summed E-state index contributed by atoms with van der Waals surface area (Å²) in [5, 5.41) is 23.6. The number of para-hydroxylation sites is 8. The van der Waals surface area contributed by atoms with Gasteiger partial charge in [0.2, 0.25) is 0 Å². The third kappa shape index (κ3) is 7.30. The smallest absolute Gasteiger partial charge is 0.164 e. The summed E-state index contributed by atoms with van der Waals surface area (Å²) in [4.78, 5) is 16.1. The number of hydrogen-bond donors (Lipinski definition) is 0. The molecule has 13 aromatic carbocycles. The number of nitrogens with zero attached hydrogens (tertiary/aromatic N) is 9. The second-order valence-electron chi connectivity index (χ2n) is 23.3. The van der Waals surface area contributed by atoms with Crippen molar-refractivity contribution in [2.45, 2.75) is 0 Å². The van der Waals surface area contributed by atoms with Crippen LogP contribution in [0.25, 0.3) is 172 Å². The summed E-state index contributed by atoms with van der Waals surface area (Å²) in [6.45, 7) is 0. The highest BCUT2D eigenvalue weighted by molar-refractivity contribution is 6.40. The molecule has 0 unspecified atom stereocenters. The van der Waals surface area contributed by atoms with E-state index in [2.05, 4.69) is 265 Å². The van der Waals surface area contributed by atoms with Crippen molar-refractivity contribution in [2.75, 3.05) is 0 Å². The molecule has 19 rings (SSSR count). The fourth-order valence-corrected chi connectivity index (χ4v) is 14.8. The first-order valence-electron chi connectivity index (χ1n) is 30.7. The van der Waals surface area contributed by atoms with Crippen molar-refractivity contribution in [2.24, 2.45) is 0 Å². The topological polar surface area (TPSA) is 87.1 Å². The van der Waals surface area contributed by atoms with Crippen LogP contribution in [0.4, 0.5) is 0 Å². The van der Waals surface area contributed by atoms with Gasteiger partial charge in [-0.1, -0.05) is 212 Å². The van der Waals surface area contributed by atoms with Gasteiger partial charge in [0.25, 0.3) is 0 Å². The zero-order valence-corrected chi connectivity index (χ0v) is 48.8. The molecule has 0 saturated heterocycles. The highest BCUT2D eigenvalue weighted by Gasteiger charge is 2.32. The molecule has 0 aliphatic carbocycles. The number of fused-ring (bicyclic) bond motifs is 19. The fraction of sp³-hybridized carbons (Fsp3) is 0. The van der Waals surface area contributed by atoms with Crippen LogP contribution in [0.15, 0.2) is 297 Å². The van der Waals surface area contributed by atoms with Gasteiger partial charge in [-0.05, 0) is 84.9 Å². The highest BCUT2D eigenvalue weighted by Crippen LogP contribution is 2.52. The van der Waals surface area contributed by atoms with Gasteiger partial charge in [-0.2, -0.15) is 5.26 Å². The van der Waals surface area contributed by atoms with Crippen molar-refractivity contribution >= 4 is 109 Å². The molecule has 0 fully saturated rings. The number of nitriles is 1. The highest BCUT2D eigenvalue weighted by atomic mass is 15.1. The van der Waals surface area contributed by atoms with Crippen LogP contribution in [0.3, 0.4) is 0 Å². The van der Waals surface area contributed by atoms with Crippen molar-refractivity contribution in [3.05, 3.63) is 303 Å². The van der Waals surface area contributed by atoms with E-state index in [0.29, 0.717) is 40.0 Å². The van der Waals surface area contributed by atoms with E-state index in [1.165, 1.54) is 0 Å². The Bertz CT molecular complexity index is 6120. The molecule has 0 radical (unpaired) electrons. The molecule has 0 bridgehead atoms. The Balaban J connectivity index is 1.04. The lowest BCUT2D eigenvalue weighted by atomic mass is 10.0. The molecule has 0 spiro atoms. The third-order valence-electron chi connectivity index (χ3n) is 18.5. The van der Waals surface area contributed by atoms with Gasteiger partial charge in [0.15, 0.2) is 17.5 Å². The normalized spacial score (nSPS) is 11.9. The first kappa shape index (κ1) is 50.5. The van der Waals surface area contributed by atoms with Gasteiger partial charge >= 0.3 is 0 Å². The molecule has 0 aliphatic rings. The standard InChI is InChI=1S/C82H49N9/c83-50-63-70(90-67-44-24-17-37-59(67)72-69(90)47-46-58-57-36-16-21-41-64(57)87(76(58)72)54-30-10-3-11-31-54)48-53(82-85-80(51-26-6-1-7-27-51)84-81(86-82)52-28-8-2-9-29-52)49-71(63)91-68-45-25-20-40-62(68)75-78-73(60-38-18-22-42-65(60)88(78)55-32-12-4-13-33-55)77-74(79(75)91)61-39-19-23-43-66(61)89(77)56-34-14-5-15-35-56/h1-49H. The molecule has 0 aliphatic heterocycles. The SMILES string of the molecule is N#Cc1c(-n2c3ccccc3c3c2ccc2c4ccccc4n(-c4ccccc4)c23)cc(-c2nc(-c3ccccc3)nc(-c3ccccc3)n2)cc1-n1c2ccccc2c2c3c(c4ccccc4n3-c3ccccc3)c3c(c4ccccc4n3-c3ccccc3)c21. The second kappa shape index (κ2) is 19.7. The lowest BCUT2D eigenvalue weighted by Crippen LogP contribution is -2.07. The van der Waals surface area contributed by atoms with Crippen LogP contribution >= 0.6 is 0 Å². The van der Waals surface area contributed by atoms with Gasteiger partial charge in [0, 0.05) is 87.6 Å². The summed E-state index contributed by atoms with van der Waals surface area (Å²) in [5.41, 5.74) is 17.7. The fourth-order valence-electron chi connectivity index (χ4n) is 14.8. The minimum Gasteiger partial charge on any atom is -0.309 e. The minimum atomic E-state index is 0.463. The largest absolute Gasteiger partial charge is 0.309 e. The van der Waals surface area contributed by atoms with Gasteiger partial charge < -0.3 is 22.8 Å². The molecule has 0 N–H and O–H groups in total. The number of hydrogen-bond acceptors (Lipinski definition) is 4. The van der Waals surface area contributed by atoms with E-state index >= 15 is 0 Å². The Morgan fingerprint density at radius 3 is 1.00 bits per heavy atom. The van der Waals surface area contributed by atoms with Gasteiger partial charge in [-0.3, -0.25) is 0 Å². The lowest BCUT2D eigenvalue weighted by Gasteiger charge is -2.19. The van der Waals surface area contributed by atoms with Crippen molar-refractivity contribution in [1.82, 2.24) is 37.8 Å². The predicted octanol–water partition coefficient (Wildman–Crippen LogP) is 20.2. The maximum Gasteiger partial charge on any atom is 0.164 e. The Hall–Kier alpha value is -12.6. The van der Waals surface area contributed by atoms with E-state index in [9.17, 15) is 5.26 Å². The second-order valence-corrected chi connectivity index (χ2v) is 23.3. The molecule has 0 amide bonds. The van der Waals surface area contributed by atoms with Crippen LogP contribution in [0.1, 0.15) is 5.56 Å². The molecule has 9 heteroatoms. The van der Waals surface area contributed by atoms with Crippen molar-refractivity contribution < 1.29 is 0 Å². The summed E-state index contributed by atoms with van der Waals surface area (Å²) in [7, 11) is 0. The average Bonchev–Trinajstić information content (AvgIpc) is 1.52. The van der Waals surface area contributed by atoms with Gasteiger partial charge in [0.05, 0.1) is 66.5 Å². The maximum atomic E-state index is 12.7.